The highest BCUT2D eigenvalue weighted by Crippen LogP contribution is 2.25. The van der Waals surface area contributed by atoms with Gasteiger partial charge in [-0.2, -0.15) is 0 Å². The molecule has 0 bridgehead atoms. The van der Waals surface area contributed by atoms with E-state index in [4.69, 9.17) is 0 Å². The Morgan fingerprint density at radius 3 is 2.47 bits per heavy atom. The minimum atomic E-state index is -0.515. The fourth-order valence-electron chi connectivity index (χ4n) is 1.83. The van der Waals surface area contributed by atoms with Crippen LogP contribution < -0.4 is 0 Å². The van der Waals surface area contributed by atoms with Gasteiger partial charge in [0.05, 0.1) is 0 Å². The summed E-state index contributed by atoms with van der Waals surface area (Å²) in [6.07, 6.45) is 0. The number of rotatable bonds is 2. The Hall–Kier alpha value is -2.36. The average Bonchev–Trinajstić information content (AvgIpc) is 2.36. The van der Waals surface area contributed by atoms with Crippen molar-refractivity contribution in [2.24, 2.45) is 0 Å². The maximum atomic E-state index is 13.3. The van der Waals surface area contributed by atoms with E-state index >= 15 is 0 Å². The van der Waals surface area contributed by atoms with Gasteiger partial charge in [-0.25, -0.2) is 4.39 Å². The summed E-state index contributed by atoms with van der Waals surface area (Å²) in [7, 11) is 3.34. The molecular formula is C15H14FNO2. The summed E-state index contributed by atoms with van der Waals surface area (Å²) in [5, 5.41) is 9.41. The van der Waals surface area contributed by atoms with Gasteiger partial charge >= 0.3 is 0 Å². The Bertz CT molecular complexity index is 603. The largest absolute Gasteiger partial charge is 0.508 e. The summed E-state index contributed by atoms with van der Waals surface area (Å²) in [6.45, 7) is 0. The number of halogens is 1. The molecule has 0 aromatic heterocycles. The van der Waals surface area contributed by atoms with Crippen molar-refractivity contribution in [2.75, 3.05) is 14.1 Å². The lowest BCUT2D eigenvalue weighted by Crippen LogP contribution is -2.21. The Morgan fingerprint density at radius 2 is 1.84 bits per heavy atom. The van der Waals surface area contributed by atoms with Gasteiger partial charge in [0.2, 0.25) is 0 Å². The molecule has 2 aromatic rings. The topological polar surface area (TPSA) is 40.5 Å². The smallest absolute Gasteiger partial charge is 0.253 e. The molecule has 98 valence electrons. The number of hydrogen-bond donors (Lipinski definition) is 1. The molecule has 0 spiro atoms. The highest BCUT2D eigenvalue weighted by Gasteiger charge is 2.09. The molecule has 0 aliphatic carbocycles. The number of phenolic OH excluding ortho intramolecular Hbond substituents is 1. The summed E-state index contributed by atoms with van der Waals surface area (Å²) >= 11 is 0. The Morgan fingerprint density at radius 1 is 1.11 bits per heavy atom. The first-order chi connectivity index (χ1) is 8.97. The van der Waals surface area contributed by atoms with E-state index in [0.29, 0.717) is 16.7 Å². The van der Waals surface area contributed by atoms with Crippen molar-refractivity contribution in [3.05, 3.63) is 53.8 Å². The number of phenols is 1. The maximum Gasteiger partial charge on any atom is 0.253 e. The zero-order chi connectivity index (χ0) is 14.0. The molecule has 19 heavy (non-hydrogen) atoms. The van der Waals surface area contributed by atoms with Gasteiger partial charge in [0.25, 0.3) is 5.91 Å². The lowest BCUT2D eigenvalue weighted by atomic mass is 10.0. The second-order valence-corrected chi connectivity index (χ2v) is 4.48. The molecule has 0 radical (unpaired) electrons. The van der Waals surface area contributed by atoms with E-state index in [1.54, 1.807) is 38.4 Å². The number of amides is 1. The van der Waals surface area contributed by atoms with E-state index in [2.05, 4.69) is 0 Å². The average molecular weight is 259 g/mol. The van der Waals surface area contributed by atoms with E-state index in [-0.39, 0.29) is 11.7 Å². The van der Waals surface area contributed by atoms with Crippen LogP contribution in [0.2, 0.25) is 0 Å². The molecule has 1 N–H and O–H groups in total. The normalized spacial score (nSPS) is 10.3. The molecule has 0 heterocycles. The molecule has 0 aliphatic rings. The lowest BCUT2D eigenvalue weighted by Gasteiger charge is -2.11. The van der Waals surface area contributed by atoms with Crippen molar-refractivity contribution >= 4 is 5.91 Å². The van der Waals surface area contributed by atoms with Crippen molar-refractivity contribution in [3.8, 4) is 16.9 Å². The summed E-state index contributed by atoms with van der Waals surface area (Å²) < 4.78 is 13.3. The number of aromatic hydroxyl groups is 1. The van der Waals surface area contributed by atoms with Gasteiger partial charge in [-0.05, 0) is 35.4 Å². The van der Waals surface area contributed by atoms with Crippen LogP contribution in [0.4, 0.5) is 4.39 Å². The third-order valence-corrected chi connectivity index (χ3v) is 2.73. The predicted molar refractivity (Wildman–Crippen MR) is 71.5 cm³/mol. The van der Waals surface area contributed by atoms with Gasteiger partial charge in [0.1, 0.15) is 11.6 Å². The fourth-order valence-corrected chi connectivity index (χ4v) is 1.83. The maximum absolute atomic E-state index is 13.3. The van der Waals surface area contributed by atoms with E-state index in [1.807, 2.05) is 0 Å². The zero-order valence-electron chi connectivity index (χ0n) is 10.7. The van der Waals surface area contributed by atoms with Gasteiger partial charge in [-0.1, -0.05) is 12.1 Å². The predicted octanol–water partition coefficient (Wildman–Crippen LogP) is 2.90. The van der Waals surface area contributed by atoms with Crippen LogP contribution in [0.25, 0.3) is 11.1 Å². The van der Waals surface area contributed by atoms with Gasteiger partial charge in [-0.3, -0.25) is 4.79 Å². The fraction of sp³-hybridized carbons (Fsp3) is 0.133. The summed E-state index contributed by atoms with van der Waals surface area (Å²) in [5.74, 6) is -0.777. The highest BCUT2D eigenvalue weighted by molar-refractivity contribution is 5.95. The van der Waals surface area contributed by atoms with Crippen LogP contribution in [0.1, 0.15) is 10.4 Å². The second kappa shape index (κ2) is 5.10. The number of carbonyl (C=O) groups is 1. The molecule has 4 heteroatoms. The first kappa shape index (κ1) is 13.1. The standard InChI is InChI=1S/C15H14FNO2/c1-17(2)15(19)11-5-3-4-10(6-11)12-7-13(16)9-14(18)8-12/h3-9,18H,1-2H3. The first-order valence-corrected chi connectivity index (χ1v) is 5.79. The third kappa shape index (κ3) is 2.91. The van der Waals surface area contributed by atoms with Gasteiger partial charge in [0.15, 0.2) is 0 Å². The van der Waals surface area contributed by atoms with Crippen LogP contribution in [-0.4, -0.2) is 30.0 Å². The van der Waals surface area contributed by atoms with Crippen molar-refractivity contribution in [1.82, 2.24) is 4.90 Å². The summed E-state index contributed by atoms with van der Waals surface area (Å²) in [5.41, 5.74) is 1.74. The number of hydrogen-bond acceptors (Lipinski definition) is 2. The molecular weight excluding hydrogens is 245 g/mol. The zero-order valence-corrected chi connectivity index (χ0v) is 10.7. The van der Waals surface area contributed by atoms with E-state index in [1.165, 1.54) is 17.0 Å². The van der Waals surface area contributed by atoms with Crippen LogP contribution in [0.5, 0.6) is 5.75 Å². The number of carbonyl (C=O) groups excluding carboxylic acids is 1. The Balaban J connectivity index is 2.46. The molecule has 0 saturated heterocycles. The Labute approximate surface area is 110 Å². The highest BCUT2D eigenvalue weighted by atomic mass is 19.1. The third-order valence-electron chi connectivity index (χ3n) is 2.73. The van der Waals surface area contributed by atoms with Crippen LogP contribution in [0.3, 0.4) is 0 Å². The number of benzene rings is 2. The monoisotopic (exact) mass is 259 g/mol. The van der Waals surface area contributed by atoms with Gasteiger partial charge < -0.3 is 10.0 Å². The van der Waals surface area contributed by atoms with E-state index in [9.17, 15) is 14.3 Å². The molecule has 0 aliphatic heterocycles. The molecule has 2 aromatic carbocycles. The molecule has 0 atom stereocenters. The van der Waals surface area contributed by atoms with E-state index < -0.39 is 5.82 Å². The van der Waals surface area contributed by atoms with Crippen molar-refractivity contribution < 1.29 is 14.3 Å². The Kier molecular flexibility index (Phi) is 3.51. The SMILES string of the molecule is CN(C)C(=O)c1cccc(-c2cc(O)cc(F)c2)c1. The minimum absolute atomic E-state index is 0.123. The quantitative estimate of drug-likeness (QED) is 0.900. The summed E-state index contributed by atoms with van der Waals surface area (Å²) in [6, 6.07) is 10.7. The molecule has 3 nitrogen and oxygen atoms in total. The molecule has 2 rings (SSSR count). The van der Waals surface area contributed by atoms with Crippen LogP contribution >= 0.6 is 0 Å². The van der Waals surface area contributed by atoms with Crippen molar-refractivity contribution in [1.29, 1.82) is 0 Å². The summed E-state index contributed by atoms with van der Waals surface area (Å²) in [4.78, 5) is 13.3. The van der Waals surface area contributed by atoms with E-state index in [0.717, 1.165) is 6.07 Å². The number of nitrogens with zero attached hydrogens (tertiary/aromatic N) is 1. The molecule has 0 saturated carbocycles. The lowest BCUT2D eigenvalue weighted by molar-refractivity contribution is 0.0827. The van der Waals surface area contributed by atoms with Crippen LogP contribution in [-0.2, 0) is 0 Å². The molecule has 0 fully saturated rings. The van der Waals surface area contributed by atoms with Crippen molar-refractivity contribution in [3.63, 3.8) is 0 Å². The van der Waals surface area contributed by atoms with Gasteiger partial charge in [-0.15, -0.1) is 0 Å². The van der Waals surface area contributed by atoms with Crippen LogP contribution in [0, 0.1) is 5.82 Å². The minimum Gasteiger partial charge on any atom is -0.508 e. The first-order valence-electron chi connectivity index (χ1n) is 5.79. The van der Waals surface area contributed by atoms with Crippen molar-refractivity contribution in [2.45, 2.75) is 0 Å². The molecule has 1 amide bonds. The molecule has 0 unspecified atom stereocenters. The second-order valence-electron chi connectivity index (χ2n) is 4.48. The van der Waals surface area contributed by atoms with Gasteiger partial charge in [0, 0.05) is 25.7 Å². The van der Waals surface area contributed by atoms with Crippen LogP contribution in [0.15, 0.2) is 42.5 Å².